The van der Waals surface area contributed by atoms with Crippen molar-refractivity contribution in [2.75, 3.05) is 11.9 Å². The molecule has 0 spiro atoms. The summed E-state index contributed by atoms with van der Waals surface area (Å²) in [5, 5.41) is 18.1. The lowest BCUT2D eigenvalue weighted by atomic mass is 9.92. The summed E-state index contributed by atoms with van der Waals surface area (Å²) >= 11 is 1.68. The number of hydrogen-bond donors (Lipinski definition) is 1. The fraction of sp³-hybridized carbons (Fsp3) is 0.400. The van der Waals surface area contributed by atoms with Crippen molar-refractivity contribution in [1.29, 1.82) is 0 Å². The van der Waals surface area contributed by atoms with Gasteiger partial charge >= 0.3 is 0 Å². The molecular formula is C15H15N5S. The van der Waals surface area contributed by atoms with Crippen molar-refractivity contribution in [3.05, 3.63) is 40.7 Å². The van der Waals surface area contributed by atoms with Gasteiger partial charge in [-0.05, 0) is 30.9 Å². The minimum atomic E-state index is 0.376. The third-order valence-corrected chi connectivity index (χ3v) is 5.37. The van der Waals surface area contributed by atoms with Gasteiger partial charge in [-0.1, -0.05) is 29.5 Å². The van der Waals surface area contributed by atoms with Crippen LogP contribution in [0.1, 0.15) is 47.5 Å². The monoisotopic (exact) mass is 297 g/mol. The lowest BCUT2D eigenvalue weighted by Gasteiger charge is -2.24. The minimum absolute atomic E-state index is 0.376. The summed E-state index contributed by atoms with van der Waals surface area (Å²) < 4.78 is 1.97. The molecule has 106 valence electrons. The highest BCUT2D eigenvalue weighted by molar-refractivity contribution is 7.16. The van der Waals surface area contributed by atoms with E-state index in [9.17, 15) is 0 Å². The van der Waals surface area contributed by atoms with Crippen molar-refractivity contribution in [3.63, 3.8) is 0 Å². The first-order valence-electron chi connectivity index (χ1n) is 7.45. The molecule has 1 atom stereocenters. The molecule has 6 heteroatoms. The maximum Gasteiger partial charge on any atom is 0.234 e. The Balaban J connectivity index is 1.61. The zero-order valence-electron chi connectivity index (χ0n) is 11.5. The van der Waals surface area contributed by atoms with Crippen LogP contribution >= 0.6 is 11.3 Å². The number of rotatable bonds is 2. The van der Waals surface area contributed by atoms with E-state index in [4.69, 9.17) is 5.10 Å². The van der Waals surface area contributed by atoms with Crippen LogP contribution in [0.25, 0.3) is 4.96 Å². The Bertz CT molecular complexity index is 816. The second kappa shape index (κ2) is 4.27. The molecule has 1 fully saturated rings. The molecule has 1 aromatic carbocycles. The van der Waals surface area contributed by atoms with E-state index in [2.05, 4.69) is 39.8 Å². The van der Waals surface area contributed by atoms with E-state index in [1.807, 2.05) is 4.52 Å². The molecule has 21 heavy (non-hydrogen) atoms. The van der Waals surface area contributed by atoms with E-state index in [0.717, 1.165) is 28.8 Å². The van der Waals surface area contributed by atoms with Gasteiger partial charge < -0.3 is 5.32 Å². The minimum Gasteiger partial charge on any atom is -0.385 e. The van der Waals surface area contributed by atoms with E-state index >= 15 is 0 Å². The molecule has 0 radical (unpaired) electrons. The summed E-state index contributed by atoms with van der Waals surface area (Å²) in [4.78, 5) is 0.933. The number of anilines is 1. The molecular weight excluding hydrogens is 282 g/mol. The molecule has 3 aromatic rings. The Kier molecular flexibility index (Phi) is 2.38. The predicted octanol–water partition coefficient (Wildman–Crippen LogP) is 3.01. The van der Waals surface area contributed by atoms with Crippen LogP contribution in [0.5, 0.6) is 0 Å². The number of para-hydroxylation sites is 1. The number of benzene rings is 1. The Hall–Kier alpha value is -1.95. The van der Waals surface area contributed by atoms with Crippen molar-refractivity contribution in [2.45, 2.75) is 31.1 Å². The van der Waals surface area contributed by atoms with Crippen molar-refractivity contribution >= 4 is 22.0 Å². The second-order valence-electron chi connectivity index (χ2n) is 5.82. The Morgan fingerprint density at radius 2 is 2.05 bits per heavy atom. The Morgan fingerprint density at radius 3 is 2.95 bits per heavy atom. The fourth-order valence-electron chi connectivity index (χ4n) is 3.11. The number of hydrogen-bond acceptors (Lipinski definition) is 5. The van der Waals surface area contributed by atoms with Crippen LogP contribution in [0.15, 0.2) is 24.3 Å². The Morgan fingerprint density at radius 1 is 1.14 bits per heavy atom. The molecule has 2 aromatic heterocycles. The first-order valence-corrected chi connectivity index (χ1v) is 8.26. The Labute approximate surface area is 126 Å². The molecule has 1 saturated carbocycles. The predicted molar refractivity (Wildman–Crippen MR) is 82.0 cm³/mol. The van der Waals surface area contributed by atoms with Gasteiger partial charge in [-0.25, -0.2) is 0 Å². The van der Waals surface area contributed by atoms with Crippen LogP contribution in [0, 0.1) is 0 Å². The van der Waals surface area contributed by atoms with Gasteiger partial charge in [0.15, 0.2) is 5.82 Å². The highest BCUT2D eigenvalue weighted by Crippen LogP contribution is 2.41. The topological polar surface area (TPSA) is 55.1 Å². The molecule has 0 amide bonds. The van der Waals surface area contributed by atoms with Gasteiger partial charge in [0.1, 0.15) is 5.01 Å². The highest BCUT2D eigenvalue weighted by Gasteiger charge is 2.31. The fourth-order valence-corrected chi connectivity index (χ4v) is 4.11. The summed E-state index contributed by atoms with van der Waals surface area (Å²) in [5.41, 5.74) is 2.59. The van der Waals surface area contributed by atoms with Gasteiger partial charge in [0, 0.05) is 24.1 Å². The van der Waals surface area contributed by atoms with Crippen LogP contribution in [0.3, 0.4) is 0 Å². The molecule has 1 aliphatic heterocycles. The first-order chi connectivity index (χ1) is 10.4. The SMILES string of the molecule is c1ccc2c(c1)NCCC2c1nn2c(C3CC3)nnc2s1. The van der Waals surface area contributed by atoms with E-state index < -0.39 is 0 Å². The van der Waals surface area contributed by atoms with Crippen LogP contribution in [0.4, 0.5) is 5.69 Å². The lowest BCUT2D eigenvalue weighted by molar-refractivity contribution is 0.690. The van der Waals surface area contributed by atoms with Crippen LogP contribution in [0.2, 0.25) is 0 Å². The molecule has 2 aliphatic rings. The third-order valence-electron chi connectivity index (χ3n) is 4.36. The average molecular weight is 297 g/mol. The largest absolute Gasteiger partial charge is 0.385 e. The number of nitrogens with one attached hydrogen (secondary N) is 1. The van der Waals surface area contributed by atoms with Crippen molar-refractivity contribution in [2.24, 2.45) is 0 Å². The van der Waals surface area contributed by atoms with Crippen molar-refractivity contribution in [1.82, 2.24) is 19.8 Å². The van der Waals surface area contributed by atoms with E-state index in [0.29, 0.717) is 11.8 Å². The van der Waals surface area contributed by atoms with Crippen LogP contribution < -0.4 is 5.32 Å². The van der Waals surface area contributed by atoms with Crippen molar-refractivity contribution < 1.29 is 0 Å². The number of nitrogens with zero attached hydrogens (tertiary/aromatic N) is 4. The van der Waals surface area contributed by atoms with Gasteiger partial charge in [0.2, 0.25) is 4.96 Å². The molecule has 0 saturated heterocycles. The van der Waals surface area contributed by atoms with Gasteiger partial charge in [-0.15, -0.1) is 10.2 Å². The lowest BCUT2D eigenvalue weighted by Crippen LogP contribution is -2.17. The van der Waals surface area contributed by atoms with E-state index in [1.54, 1.807) is 11.3 Å². The quantitative estimate of drug-likeness (QED) is 0.790. The standard InChI is InChI=1S/C15H15N5S/c1-2-4-12-10(3-1)11(7-8-16-12)14-19-20-13(9-5-6-9)17-18-15(20)21-14/h1-4,9,11,16H,5-8H2. The smallest absolute Gasteiger partial charge is 0.234 e. The molecule has 1 unspecified atom stereocenters. The zero-order valence-corrected chi connectivity index (χ0v) is 12.3. The maximum atomic E-state index is 4.84. The van der Waals surface area contributed by atoms with Crippen LogP contribution in [-0.2, 0) is 0 Å². The number of fused-ring (bicyclic) bond motifs is 2. The average Bonchev–Trinajstić information content (AvgIpc) is 3.15. The zero-order chi connectivity index (χ0) is 13.8. The summed E-state index contributed by atoms with van der Waals surface area (Å²) in [7, 11) is 0. The van der Waals surface area contributed by atoms with Gasteiger partial charge in [-0.2, -0.15) is 9.61 Å². The molecule has 5 nitrogen and oxygen atoms in total. The van der Waals surface area contributed by atoms with Gasteiger partial charge in [0.05, 0.1) is 0 Å². The molecule has 1 N–H and O–H groups in total. The van der Waals surface area contributed by atoms with Gasteiger partial charge in [0.25, 0.3) is 0 Å². The molecule has 5 rings (SSSR count). The summed E-state index contributed by atoms with van der Waals surface area (Å²) in [5.74, 6) is 2.01. The normalized spacial score (nSPS) is 21.2. The first kappa shape index (κ1) is 11.7. The van der Waals surface area contributed by atoms with Gasteiger partial charge in [-0.3, -0.25) is 0 Å². The highest BCUT2D eigenvalue weighted by atomic mass is 32.1. The number of aromatic nitrogens is 4. The molecule has 1 aliphatic carbocycles. The summed E-state index contributed by atoms with van der Waals surface area (Å²) in [6.45, 7) is 0.997. The summed E-state index contributed by atoms with van der Waals surface area (Å²) in [6, 6.07) is 8.54. The summed E-state index contributed by atoms with van der Waals surface area (Å²) in [6.07, 6.45) is 3.54. The maximum absolute atomic E-state index is 4.84. The molecule has 0 bridgehead atoms. The van der Waals surface area contributed by atoms with Crippen LogP contribution in [-0.4, -0.2) is 26.4 Å². The van der Waals surface area contributed by atoms with E-state index in [-0.39, 0.29) is 0 Å². The third kappa shape index (κ3) is 1.78. The van der Waals surface area contributed by atoms with E-state index in [1.165, 1.54) is 24.1 Å². The molecule has 3 heterocycles. The second-order valence-corrected chi connectivity index (χ2v) is 6.81. The van der Waals surface area contributed by atoms with Crippen molar-refractivity contribution in [3.8, 4) is 0 Å².